The summed E-state index contributed by atoms with van der Waals surface area (Å²) in [6.07, 6.45) is 2.12. The lowest BCUT2D eigenvalue weighted by Gasteiger charge is -2.38. The largest absolute Gasteiger partial charge is 0.395 e. The van der Waals surface area contributed by atoms with Crippen LogP contribution in [0.3, 0.4) is 0 Å². The van der Waals surface area contributed by atoms with E-state index in [1.165, 1.54) is 6.07 Å². The molecule has 21 heavy (non-hydrogen) atoms. The lowest BCUT2D eigenvalue weighted by molar-refractivity contribution is -0.124. The molecule has 1 fully saturated rings. The summed E-state index contributed by atoms with van der Waals surface area (Å²) in [6.45, 7) is 3.44. The number of hydrogen-bond donors (Lipinski definition) is 2. The normalized spacial score (nSPS) is 23.0. The SMILES string of the molecule is CC1CCCN(CC(=O)NCc2ccccc2F)C1CO. The van der Waals surface area contributed by atoms with E-state index in [4.69, 9.17) is 0 Å². The maximum Gasteiger partial charge on any atom is 0.234 e. The number of nitrogens with one attached hydrogen (secondary N) is 1. The van der Waals surface area contributed by atoms with E-state index in [9.17, 15) is 14.3 Å². The molecule has 0 spiro atoms. The Labute approximate surface area is 125 Å². The molecule has 116 valence electrons. The van der Waals surface area contributed by atoms with Crippen molar-refractivity contribution in [3.8, 4) is 0 Å². The zero-order chi connectivity index (χ0) is 15.2. The molecule has 2 N–H and O–H groups in total. The van der Waals surface area contributed by atoms with Crippen molar-refractivity contribution < 1.29 is 14.3 Å². The summed E-state index contributed by atoms with van der Waals surface area (Å²) < 4.78 is 13.5. The molecule has 1 aliphatic rings. The molecule has 2 rings (SSSR count). The van der Waals surface area contributed by atoms with Crippen LogP contribution in [0.1, 0.15) is 25.3 Å². The van der Waals surface area contributed by atoms with Crippen LogP contribution >= 0.6 is 0 Å². The monoisotopic (exact) mass is 294 g/mol. The van der Waals surface area contributed by atoms with Crippen LogP contribution in [-0.4, -0.2) is 41.7 Å². The van der Waals surface area contributed by atoms with Crippen molar-refractivity contribution in [1.82, 2.24) is 10.2 Å². The van der Waals surface area contributed by atoms with Crippen LogP contribution in [0, 0.1) is 11.7 Å². The molecule has 1 saturated heterocycles. The molecular weight excluding hydrogens is 271 g/mol. The molecule has 1 aromatic rings. The maximum absolute atomic E-state index is 13.5. The van der Waals surface area contributed by atoms with Crippen molar-refractivity contribution >= 4 is 5.91 Å². The number of likely N-dealkylation sites (tertiary alicyclic amines) is 1. The molecule has 1 heterocycles. The van der Waals surface area contributed by atoms with Gasteiger partial charge in [0.05, 0.1) is 13.2 Å². The van der Waals surface area contributed by atoms with Gasteiger partial charge in [0, 0.05) is 18.2 Å². The number of piperidine rings is 1. The quantitative estimate of drug-likeness (QED) is 0.866. The van der Waals surface area contributed by atoms with Crippen LogP contribution in [0.5, 0.6) is 0 Å². The van der Waals surface area contributed by atoms with Gasteiger partial charge in [-0.25, -0.2) is 4.39 Å². The lowest BCUT2D eigenvalue weighted by Crippen LogP contribution is -2.50. The van der Waals surface area contributed by atoms with Crippen molar-refractivity contribution in [2.24, 2.45) is 5.92 Å². The van der Waals surface area contributed by atoms with Gasteiger partial charge in [0.2, 0.25) is 5.91 Å². The Morgan fingerprint density at radius 1 is 1.48 bits per heavy atom. The summed E-state index contributed by atoms with van der Waals surface area (Å²) in [5.41, 5.74) is 0.483. The number of carbonyl (C=O) groups is 1. The lowest BCUT2D eigenvalue weighted by atomic mass is 9.91. The number of nitrogens with zero attached hydrogens (tertiary/aromatic N) is 1. The van der Waals surface area contributed by atoms with Gasteiger partial charge in [-0.05, 0) is 31.4 Å². The van der Waals surface area contributed by atoms with Gasteiger partial charge in [-0.3, -0.25) is 9.69 Å². The third-order valence-corrected chi connectivity index (χ3v) is 4.20. The number of carbonyl (C=O) groups excluding carboxylic acids is 1. The number of aliphatic hydroxyl groups excluding tert-OH is 1. The molecule has 4 nitrogen and oxygen atoms in total. The second-order valence-corrected chi connectivity index (χ2v) is 5.71. The van der Waals surface area contributed by atoms with Gasteiger partial charge in [0.25, 0.3) is 0 Å². The van der Waals surface area contributed by atoms with E-state index in [0.717, 1.165) is 19.4 Å². The minimum atomic E-state index is -0.308. The molecule has 0 bridgehead atoms. The van der Waals surface area contributed by atoms with Crippen molar-refractivity contribution in [3.63, 3.8) is 0 Å². The molecular formula is C16H23FN2O2. The third-order valence-electron chi connectivity index (χ3n) is 4.20. The minimum absolute atomic E-state index is 0.0398. The predicted molar refractivity (Wildman–Crippen MR) is 79.1 cm³/mol. The van der Waals surface area contributed by atoms with Gasteiger partial charge >= 0.3 is 0 Å². The van der Waals surface area contributed by atoms with Crippen LogP contribution < -0.4 is 5.32 Å². The Hall–Kier alpha value is -1.46. The zero-order valence-corrected chi connectivity index (χ0v) is 12.4. The van der Waals surface area contributed by atoms with E-state index in [2.05, 4.69) is 12.2 Å². The number of halogens is 1. The van der Waals surface area contributed by atoms with Crippen LogP contribution in [0.15, 0.2) is 24.3 Å². The average Bonchev–Trinajstić information content (AvgIpc) is 2.47. The summed E-state index contributed by atoms with van der Waals surface area (Å²) in [7, 11) is 0. The number of amides is 1. The molecule has 0 aliphatic carbocycles. The van der Waals surface area contributed by atoms with E-state index in [1.807, 2.05) is 4.90 Å². The highest BCUT2D eigenvalue weighted by atomic mass is 19.1. The first kappa shape index (κ1) is 15.9. The van der Waals surface area contributed by atoms with Crippen LogP contribution in [0.25, 0.3) is 0 Å². The Balaban J connectivity index is 1.85. The Morgan fingerprint density at radius 3 is 2.95 bits per heavy atom. The smallest absolute Gasteiger partial charge is 0.234 e. The van der Waals surface area contributed by atoms with Gasteiger partial charge in [0.15, 0.2) is 0 Å². The maximum atomic E-state index is 13.5. The molecule has 5 heteroatoms. The molecule has 1 aliphatic heterocycles. The fourth-order valence-corrected chi connectivity index (χ4v) is 2.90. The van der Waals surface area contributed by atoms with E-state index < -0.39 is 0 Å². The first-order valence-corrected chi connectivity index (χ1v) is 7.47. The first-order valence-electron chi connectivity index (χ1n) is 7.47. The Morgan fingerprint density at radius 2 is 2.24 bits per heavy atom. The summed E-state index contributed by atoms with van der Waals surface area (Å²) in [5, 5.41) is 12.2. The molecule has 0 aromatic heterocycles. The zero-order valence-electron chi connectivity index (χ0n) is 12.4. The topological polar surface area (TPSA) is 52.6 Å². The second-order valence-electron chi connectivity index (χ2n) is 5.71. The molecule has 1 amide bonds. The van der Waals surface area contributed by atoms with Gasteiger partial charge in [-0.15, -0.1) is 0 Å². The number of rotatable bonds is 5. The molecule has 2 atom stereocenters. The fraction of sp³-hybridized carbons (Fsp3) is 0.562. The predicted octanol–water partition coefficient (Wildman–Crippen LogP) is 1.53. The summed E-state index contributed by atoms with van der Waals surface area (Å²) in [4.78, 5) is 14.0. The first-order chi connectivity index (χ1) is 10.1. The van der Waals surface area contributed by atoms with Crippen molar-refractivity contribution in [3.05, 3.63) is 35.6 Å². The summed E-state index contributed by atoms with van der Waals surface area (Å²) in [5.74, 6) is -0.0495. The van der Waals surface area contributed by atoms with Crippen molar-refractivity contribution in [2.75, 3.05) is 19.7 Å². The van der Waals surface area contributed by atoms with Crippen molar-refractivity contribution in [2.45, 2.75) is 32.4 Å². The van der Waals surface area contributed by atoms with E-state index in [0.29, 0.717) is 11.5 Å². The molecule has 2 unspecified atom stereocenters. The van der Waals surface area contributed by atoms with Crippen molar-refractivity contribution in [1.29, 1.82) is 0 Å². The van der Waals surface area contributed by atoms with Gasteiger partial charge in [0.1, 0.15) is 5.82 Å². The Kier molecular flexibility index (Phi) is 5.70. The van der Waals surface area contributed by atoms with E-state index in [-0.39, 0.29) is 37.5 Å². The van der Waals surface area contributed by atoms with E-state index in [1.54, 1.807) is 18.2 Å². The number of hydrogen-bond acceptors (Lipinski definition) is 3. The standard InChI is InChI=1S/C16H23FN2O2/c1-12-5-4-8-19(15(12)11-20)10-16(21)18-9-13-6-2-3-7-14(13)17/h2-3,6-7,12,15,20H,4-5,8-11H2,1H3,(H,18,21). The van der Waals surface area contributed by atoms with Crippen LogP contribution in [0.4, 0.5) is 4.39 Å². The fourth-order valence-electron chi connectivity index (χ4n) is 2.90. The molecule has 1 aromatic carbocycles. The van der Waals surface area contributed by atoms with Gasteiger partial charge < -0.3 is 10.4 Å². The van der Waals surface area contributed by atoms with E-state index >= 15 is 0 Å². The Bertz CT molecular complexity index is 481. The van der Waals surface area contributed by atoms with Gasteiger partial charge in [-0.2, -0.15) is 0 Å². The third kappa shape index (κ3) is 4.25. The van der Waals surface area contributed by atoms with Crippen LogP contribution in [0.2, 0.25) is 0 Å². The second kappa shape index (κ2) is 7.52. The van der Waals surface area contributed by atoms with Gasteiger partial charge in [-0.1, -0.05) is 25.1 Å². The molecule has 0 radical (unpaired) electrons. The summed E-state index contributed by atoms with van der Waals surface area (Å²) >= 11 is 0. The number of benzene rings is 1. The highest BCUT2D eigenvalue weighted by Crippen LogP contribution is 2.22. The minimum Gasteiger partial charge on any atom is -0.395 e. The average molecular weight is 294 g/mol. The number of aliphatic hydroxyl groups is 1. The highest BCUT2D eigenvalue weighted by Gasteiger charge is 2.28. The summed E-state index contributed by atoms with van der Waals surface area (Å²) in [6, 6.07) is 6.46. The molecule has 0 saturated carbocycles. The highest BCUT2D eigenvalue weighted by molar-refractivity contribution is 5.78. The van der Waals surface area contributed by atoms with Crippen LogP contribution in [-0.2, 0) is 11.3 Å².